The van der Waals surface area contributed by atoms with E-state index in [1.54, 1.807) is 0 Å². The highest BCUT2D eigenvalue weighted by molar-refractivity contribution is 6.21. The van der Waals surface area contributed by atoms with E-state index in [1.807, 2.05) is 0 Å². The number of nitrogen functional groups attached to an aromatic ring is 1. The summed E-state index contributed by atoms with van der Waals surface area (Å²) < 4.78 is 25.6. The molecular formula is C15H19ClFN5O3. The van der Waals surface area contributed by atoms with Crippen LogP contribution in [-0.2, 0) is 4.74 Å². The molecule has 1 saturated carbocycles. The molecule has 0 amide bonds. The van der Waals surface area contributed by atoms with Gasteiger partial charge >= 0.3 is 6.01 Å². The van der Waals surface area contributed by atoms with E-state index in [0.717, 1.165) is 12.8 Å². The SMILES string of the molecule is Nc1nc(OCC2CCC2)nc2c1ncn2[C@@H]1O[C@H](CF)[C@H](Cl)[C@H]1O. The summed E-state index contributed by atoms with van der Waals surface area (Å²) in [6.45, 7) is -0.253. The van der Waals surface area contributed by atoms with Crippen molar-refractivity contribution in [2.75, 3.05) is 19.0 Å². The first-order valence-electron chi connectivity index (χ1n) is 8.25. The first-order chi connectivity index (χ1) is 12.1. The number of aliphatic hydroxyl groups is 1. The average Bonchev–Trinajstić information content (AvgIpc) is 3.09. The molecule has 4 rings (SSSR count). The summed E-state index contributed by atoms with van der Waals surface area (Å²) in [4.78, 5) is 12.6. The summed E-state index contributed by atoms with van der Waals surface area (Å²) >= 11 is 6.03. The van der Waals surface area contributed by atoms with E-state index in [-0.39, 0.29) is 11.8 Å². The lowest BCUT2D eigenvalue weighted by Gasteiger charge is -2.24. The third-order valence-corrected chi connectivity index (χ3v) is 5.35. The zero-order chi connectivity index (χ0) is 17.6. The number of imidazole rings is 1. The molecule has 0 unspecified atom stereocenters. The van der Waals surface area contributed by atoms with E-state index < -0.39 is 30.5 Å². The highest BCUT2D eigenvalue weighted by Gasteiger charge is 2.44. The van der Waals surface area contributed by atoms with Crippen LogP contribution in [-0.4, -0.2) is 55.5 Å². The topological polar surface area (TPSA) is 108 Å². The lowest BCUT2D eigenvalue weighted by molar-refractivity contribution is -0.0403. The van der Waals surface area contributed by atoms with Crippen LogP contribution in [0, 0.1) is 5.92 Å². The molecule has 2 aliphatic rings. The summed E-state index contributed by atoms with van der Waals surface area (Å²) in [7, 11) is 0. The second-order valence-electron chi connectivity index (χ2n) is 6.48. The van der Waals surface area contributed by atoms with Crippen molar-refractivity contribution in [3.05, 3.63) is 6.33 Å². The molecule has 2 aromatic heterocycles. The van der Waals surface area contributed by atoms with Gasteiger partial charge in [0.15, 0.2) is 23.2 Å². The molecule has 3 N–H and O–H groups in total. The zero-order valence-electron chi connectivity index (χ0n) is 13.4. The van der Waals surface area contributed by atoms with Gasteiger partial charge in [-0.05, 0) is 18.8 Å². The van der Waals surface area contributed by atoms with E-state index >= 15 is 0 Å². The Bertz CT molecular complexity index is 771. The molecule has 10 heteroatoms. The van der Waals surface area contributed by atoms with E-state index in [2.05, 4.69) is 15.0 Å². The zero-order valence-corrected chi connectivity index (χ0v) is 14.1. The smallest absolute Gasteiger partial charge is 0.320 e. The van der Waals surface area contributed by atoms with Crippen LogP contribution in [0.4, 0.5) is 10.2 Å². The standard InChI is InChI=1S/C15H19ClFN5O3/c16-9-8(4-17)25-14(11(9)23)22-6-19-10-12(18)20-15(21-13(10)22)24-5-7-2-1-3-7/h6-9,11,14,23H,1-5H2,(H2,18,20,21)/t8-,9+,11-,14-/m1/s1. The number of alkyl halides is 2. The van der Waals surface area contributed by atoms with Gasteiger partial charge < -0.3 is 20.3 Å². The Balaban J connectivity index is 1.64. The molecule has 4 atom stereocenters. The monoisotopic (exact) mass is 371 g/mol. The predicted octanol–water partition coefficient (Wildman–Crippen LogP) is 1.42. The minimum atomic E-state index is -1.10. The Labute approximate surface area is 148 Å². The van der Waals surface area contributed by atoms with Crippen molar-refractivity contribution in [2.45, 2.75) is 43.1 Å². The summed E-state index contributed by atoms with van der Waals surface area (Å²) in [5.41, 5.74) is 6.65. The number of hydrogen-bond acceptors (Lipinski definition) is 7. The second-order valence-corrected chi connectivity index (χ2v) is 6.98. The van der Waals surface area contributed by atoms with Gasteiger partial charge in [0.1, 0.15) is 18.9 Å². The molecule has 1 aliphatic carbocycles. The van der Waals surface area contributed by atoms with Crippen molar-refractivity contribution in [3.63, 3.8) is 0 Å². The largest absolute Gasteiger partial charge is 0.463 e. The molecule has 3 heterocycles. The molecule has 0 aromatic carbocycles. The Morgan fingerprint density at radius 1 is 1.44 bits per heavy atom. The summed E-state index contributed by atoms with van der Waals surface area (Å²) in [5.74, 6) is 0.692. The molecule has 2 aromatic rings. The third kappa shape index (κ3) is 2.90. The maximum atomic E-state index is 13.0. The van der Waals surface area contributed by atoms with Crippen molar-refractivity contribution in [1.29, 1.82) is 0 Å². The molecular weight excluding hydrogens is 353 g/mol. The van der Waals surface area contributed by atoms with Gasteiger partial charge in [0.2, 0.25) is 0 Å². The molecule has 0 spiro atoms. The fourth-order valence-corrected chi connectivity index (χ4v) is 3.33. The second kappa shape index (κ2) is 6.54. The number of aromatic nitrogens is 4. The van der Waals surface area contributed by atoms with Crippen molar-refractivity contribution < 1.29 is 19.0 Å². The van der Waals surface area contributed by atoms with E-state index in [4.69, 9.17) is 26.8 Å². The molecule has 2 fully saturated rings. The highest BCUT2D eigenvalue weighted by Crippen LogP contribution is 2.35. The van der Waals surface area contributed by atoms with E-state index in [1.165, 1.54) is 17.3 Å². The number of rotatable bonds is 5. The molecule has 1 saturated heterocycles. The van der Waals surface area contributed by atoms with Crippen LogP contribution < -0.4 is 10.5 Å². The number of nitrogens with zero attached hydrogens (tertiary/aromatic N) is 4. The van der Waals surface area contributed by atoms with Gasteiger partial charge in [-0.3, -0.25) is 4.57 Å². The maximum absolute atomic E-state index is 13.0. The summed E-state index contributed by atoms with van der Waals surface area (Å²) in [6.07, 6.45) is 2.02. The lowest BCUT2D eigenvalue weighted by atomic mass is 9.86. The fourth-order valence-electron chi connectivity index (χ4n) is 3.08. The maximum Gasteiger partial charge on any atom is 0.320 e. The van der Waals surface area contributed by atoms with Crippen LogP contribution in [0.1, 0.15) is 25.5 Å². The van der Waals surface area contributed by atoms with Crippen LogP contribution >= 0.6 is 11.6 Å². The normalized spacial score (nSPS) is 29.9. The van der Waals surface area contributed by atoms with Crippen LogP contribution in [0.5, 0.6) is 6.01 Å². The minimum Gasteiger partial charge on any atom is -0.463 e. The Morgan fingerprint density at radius 2 is 2.24 bits per heavy atom. The van der Waals surface area contributed by atoms with Gasteiger partial charge in [-0.1, -0.05) is 6.42 Å². The van der Waals surface area contributed by atoms with E-state index in [9.17, 15) is 9.50 Å². The number of fused-ring (bicyclic) bond motifs is 1. The summed E-state index contributed by atoms with van der Waals surface area (Å²) in [5, 5.41) is 9.41. The van der Waals surface area contributed by atoms with Crippen LogP contribution in [0.15, 0.2) is 6.33 Å². The van der Waals surface area contributed by atoms with Crippen LogP contribution in [0.25, 0.3) is 11.2 Å². The molecule has 0 bridgehead atoms. The molecule has 0 radical (unpaired) electrons. The Morgan fingerprint density at radius 3 is 2.88 bits per heavy atom. The number of nitrogens with two attached hydrogens (primary N) is 1. The Kier molecular flexibility index (Phi) is 4.38. The average molecular weight is 372 g/mol. The van der Waals surface area contributed by atoms with Gasteiger partial charge in [-0.15, -0.1) is 11.6 Å². The van der Waals surface area contributed by atoms with Gasteiger partial charge in [0.05, 0.1) is 18.3 Å². The number of halogens is 2. The van der Waals surface area contributed by atoms with Gasteiger partial charge in [0.25, 0.3) is 0 Å². The van der Waals surface area contributed by atoms with E-state index in [0.29, 0.717) is 23.7 Å². The Hall–Kier alpha value is -1.71. The molecule has 136 valence electrons. The van der Waals surface area contributed by atoms with Crippen LogP contribution in [0.2, 0.25) is 0 Å². The number of hydrogen-bond donors (Lipinski definition) is 2. The molecule has 1 aliphatic heterocycles. The van der Waals surface area contributed by atoms with Crippen molar-refractivity contribution in [1.82, 2.24) is 19.5 Å². The van der Waals surface area contributed by atoms with Gasteiger partial charge in [-0.25, -0.2) is 9.37 Å². The summed E-state index contributed by atoms with van der Waals surface area (Å²) in [6, 6.07) is 0.149. The first-order valence-corrected chi connectivity index (χ1v) is 8.68. The minimum absolute atomic E-state index is 0.149. The lowest BCUT2D eigenvalue weighted by Crippen LogP contribution is -2.27. The molecule has 8 nitrogen and oxygen atoms in total. The van der Waals surface area contributed by atoms with Gasteiger partial charge in [0, 0.05) is 0 Å². The first kappa shape index (κ1) is 16.7. The number of aliphatic hydroxyl groups excluding tert-OH is 1. The van der Waals surface area contributed by atoms with Gasteiger partial charge in [-0.2, -0.15) is 9.97 Å². The molecule has 25 heavy (non-hydrogen) atoms. The third-order valence-electron chi connectivity index (χ3n) is 4.81. The number of ether oxygens (including phenoxy) is 2. The van der Waals surface area contributed by atoms with Crippen molar-refractivity contribution in [3.8, 4) is 6.01 Å². The van der Waals surface area contributed by atoms with Crippen molar-refractivity contribution in [2.24, 2.45) is 5.92 Å². The number of anilines is 1. The predicted molar refractivity (Wildman–Crippen MR) is 88.1 cm³/mol. The fraction of sp³-hybridized carbons (Fsp3) is 0.667. The van der Waals surface area contributed by atoms with Crippen LogP contribution in [0.3, 0.4) is 0 Å². The van der Waals surface area contributed by atoms with Crippen molar-refractivity contribution >= 4 is 28.6 Å². The highest BCUT2D eigenvalue weighted by atomic mass is 35.5. The quantitative estimate of drug-likeness (QED) is 0.765.